The van der Waals surface area contributed by atoms with Crippen LogP contribution in [0, 0.1) is 0 Å². The number of ether oxygens (including phenoxy) is 3. The summed E-state index contributed by atoms with van der Waals surface area (Å²) in [6.07, 6.45) is 81.5. The van der Waals surface area contributed by atoms with E-state index < -0.39 is 6.10 Å². The molecule has 0 bridgehead atoms. The topological polar surface area (TPSA) is 78.9 Å². The molecule has 0 aliphatic heterocycles. The molecular weight excluding hydrogens is 913 g/mol. The standard InChI is InChI=1S/C68H118O6/c1-4-7-10-13-16-19-22-25-28-31-32-33-34-35-36-38-40-43-46-49-52-55-58-61-67(70)73-64-65(63-72-66(69)60-57-54-51-48-45-42-39-30-27-24-21-18-15-12-9-6-3)74-68(71)62-59-56-53-50-47-44-41-37-29-26-23-20-17-14-11-8-5-2/h7,10,16,19,25,28,30,32-33,35-36,39-40,43,65H,4-6,8-9,11-15,17-18,20-24,26-27,29,31,34,37-38,41-42,44-64H2,1-3H3/b10-7-,19-16-,28-25-,33-32-,36-35-,39-30-,43-40-. The maximum atomic E-state index is 12.9. The average Bonchev–Trinajstić information content (AvgIpc) is 3.40. The number of allylic oxidation sites excluding steroid dienone is 14. The van der Waals surface area contributed by atoms with E-state index in [0.29, 0.717) is 19.3 Å². The van der Waals surface area contributed by atoms with Crippen LogP contribution in [0.25, 0.3) is 0 Å². The molecule has 426 valence electrons. The summed E-state index contributed by atoms with van der Waals surface area (Å²) in [5, 5.41) is 0. The highest BCUT2D eigenvalue weighted by Crippen LogP contribution is 2.16. The molecule has 0 rings (SSSR count). The highest BCUT2D eigenvalue weighted by molar-refractivity contribution is 5.71. The number of unbranched alkanes of at least 4 members (excludes halogenated alkanes) is 32. The minimum absolute atomic E-state index is 0.0866. The van der Waals surface area contributed by atoms with Crippen LogP contribution in [0.2, 0.25) is 0 Å². The normalized spacial score (nSPS) is 12.6. The summed E-state index contributed by atoms with van der Waals surface area (Å²) in [6, 6.07) is 0. The predicted octanol–water partition coefficient (Wildman–Crippen LogP) is 21.5. The molecule has 6 nitrogen and oxygen atoms in total. The lowest BCUT2D eigenvalue weighted by atomic mass is 10.0. The Morgan fingerprint density at radius 2 is 0.527 bits per heavy atom. The zero-order valence-electron chi connectivity index (χ0n) is 48.8. The van der Waals surface area contributed by atoms with Crippen molar-refractivity contribution >= 4 is 17.9 Å². The molecule has 6 heteroatoms. The van der Waals surface area contributed by atoms with E-state index in [4.69, 9.17) is 14.2 Å². The van der Waals surface area contributed by atoms with Crippen LogP contribution in [-0.2, 0) is 28.6 Å². The second-order valence-corrected chi connectivity index (χ2v) is 20.9. The summed E-state index contributed by atoms with van der Waals surface area (Å²) in [4.78, 5) is 38.3. The largest absolute Gasteiger partial charge is 0.462 e. The Labute approximate surface area is 458 Å². The van der Waals surface area contributed by atoms with Gasteiger partial charge in [-0.3, -0.25) is 14.4 Å². The van der Waals surface area contributed by atoms with Gasteiger partial charge in [0.1, 0.15) is 13.2 Å². The van der Waals surface area contributed by atoms with E-state index in [1.807, 2.05) is 0 Å². The summed E-state index contributed by atoms with van der Waals surface area (Å²) in [5.74, 6) is -0.906. The van der Waals surface area contributed by atoms with Gasteiger partial charge >= 0.3 is 17.9 Å². The molecule has 74 heavy (non-hydrogen) atoms. The number of carbonyl (C=O) groups is 3. The summed E-state index contributed by atoms with van der Waals surface area (Å²) >= 11 is 0. The fraction of sp³-hybridized carbons (Fsp3) is 0.750. The molecule has 0 aliphatic carbocycles. The molecule has 0 fully saturated rings. The fourth-order valence-electron chi connectivity index (χ4n) is 8.91. The van der Waals surface area contributed by atoms with Crippen LogP contribution in [0.4, 0.5) is 0 Å². The van der Waals surface area contributed by atoms with Gasteiger partial charge in [-0.2, -0.15) is 0 Å². The molecular formula is C68H118O6. The first kappa shape index (κ1) is 70.6. The van der Waals surface area contributed by atoms with Crippen LogP contribution < -0.4 is 0 Å². The fourth-order valence-corrected chi connectivity index (χ4v) is 8.91. The van der Waals surface area contributed by atoms with Crippen molar-refractivity contribution in [3.8, 4) is 0 Å². The van der Waals surface area contributed by atoms with Crippen molar-refractivity contribution in [3.63, 3.8) is 0 Å². The molecule has 0 aromatic heterocycles. The summed E-state index contributed by atoms with van der Waals surface area (Å²) in [5.41, 5.74) is 0. The second-order valence-electron chi connectivity index (χ2n) is 20.9. The second kappa shape index (κ2) is 62.1. The van der Waals surface area contributed by atoms with Crippen molar-refractivity contribution in [1.29, 1.82) is 0 Å². The van der Waals surface area contributed by atoms with Gasteiger partial charge in [-0.15, -0.1) is 0 Å². The zero-order chi connectivity index (χ0) is 53.6. The molecule has 0 saturated heterocycles. The zero-order valence-corrected chi connectivity index (χ0v) is 48.8. The number of esters is 3. The van der Waals surface area contributed by atoms with Gasteiger partial charge in [0.05, 0.1) is 0 Å². The Morgan fingerprint density at radius 1 is 0.284 bits per heavy atom. The van der Waals surface area contributed by atoms with Crippen molar-refractivity contribution in [3.05, 3.63) is 85.1 Å². The van der Waals surface area contributed by atoms with Gasteiger partial charge in [0.15, 0.2) is 6.10 Å². The predicted molar refractivity (Wildman–Crippen MR) is 321 cm³/mol. The first-order chi connectivity index (χ1) is 36.5. The Hall–Kier alpha value is -3.41. The molecule has 0 radical (unpaired) electrons. The molecule has 0 heterocycles. The summed E-state index contributed by atoms with van der Waals surface area (Å²) in [7, 11) is 0. The van der Waals surface area contributed by atoms with Crippen LogP contribution in [-0.4, -0.2) is 37.2 Å². The van der Waals surface area contributed by atoms with Crippen LogP contribution in [0.5, 0.6) is 0 Å². The monoisotopic (exact) mass is 1030 g/mol. The molecule has 0 amide bonds. The van der Waals surface area contributed by atoms with E-state index in [1.54, 1.807) is 0 Å². The summed E-state index contributed by atoms with van der Waals surface area (Å²) in [6.45, 7) is 6.53. The lowest BCUT2D eigenvalue weighted by Gasteiger charge is -2.18. The van der Waals surface area contributed by atoms with Crippen molar-refractivity contribution in [2.24, 2.45) is 0 Å². The van der Waals surface area contributed by atoms with E-state index in [1.165, 1.54) is 154 Å². The van der Waals surface area contributed by atoms with Gasteiger partial charge in [0, 0.05) is 19.3 Å². The smallest absolute Gasteiger partial charge is 0.306 e. The third-order valence-electron chi connectivity index (χ3n) is 13.6. The summed E-state index contributed by atoms with van der Waals surface area (Å²) < 4.78 is 16.9. The van der Waals surface area contributed by atoms with Crippen molar-refractivity contribution < 1.29 is 28.6 Å². The van der Waals surface area contributed by atoms with Crippen LogP contribution in [0.15, 0.2) is 85.1 Å². The molecule has 1 atom stereocenters. The lowest BCUT2D eigenvalue weighted by Crippen LogP contribution is -2.30. The third kappa shape index (κ3) is 59.5. The van der Waals surface area contributed by atoms with E-state index in [9.17, 15) is 14.4 Å². The van der Waals surface area contributed by atoms with Gasteiger partial charge in [-0.05, 0) is 96.3 Å². The molecule has 0 aliphatic rings. The number of carbonyl (C=O) groups excluding carboxylic acids is 3. The Balaban J connectivity index is 4.42. The number of hydrogen-bond acceptors (Lipinski definition) is 6. The molecule has 1 unspecified atom stereocenters. The molecule has 0 spiro atoms. The van der Waals surface area contributed by atoms with Crippen LogP contribution in [0.3, 0.4) is 0 Å². The Bertz CT molecular complexity index is 1420. The third-order valence-corrected chi connectivity index (χ3v) is 13.6. The quantitative estimate of drug-likeness (QED) is 0.0261. The Morgan fingerprint density at radius 3 is 0.838 bits per heavy atom. The molecule has 0 N–H and O–H groups in total. The molecule has 0 saturated carbocycles. The van der Waals surface area contributed by atoms with Crippen molar-refractivity contribution in [2.45, 2.75) is 316 Å². The van der Waals surface area contributed by atoms with Crippen molar-refractivity contribution in [1.82, 2.24) is 0 Å². The van der Waals surface area contributed by atoms with E-state index >= 15 is 0 Å². The lowest BCUT2D eigenvalue weighted by molar-refractivity contribution is -0.167. The van der Waals surface area contributed by atoms with Crippen molar-refractivity contribution in [2.75, 3.05) is 13.2 Å². The first-order valence-electron chi connectivity index (χ1n) is 31.6. The van der Waals surface area contributed by atoms with Gasteiger partial charge < -0.3 is 14.2 Å². The SMILES string of the molecule is CC/C=C\C/C=C\C/C=C\C/C=C\C/C=C\C/C=C\CCCCCCC(=O)OCC(COC(=O)CCCCCCC/C=C\CCCCCCCCC)OC(=O)CCCCCCCCCCCCCCCCCCC. The van der Waals surface area contributed by atoms with Gasteiger partial charge in [-0.25, -0.2) is 0 Å². The highest BCUT2D eigenvalue weighted by Gasteiger charge is 2.19. The van der Waals surface area contributed by atoms with E-state index in [-0.39, 0.29) is 31.1 Å². The minimum atomic E-state index is -0.790. The molecule has 0 aromatic rings. The maximum Gasteiger partial charge on any atom is 0.306 e. The average molecular weight is 1030 g/mol. The van der Waals surface area contributed by atoms with Gasteiger partial charge in [0.25, 0.3) is 0 Å². The molecule has 0 aromatic carbocycles. The minimum Gasteiger partial charge on any atom is -0.462 e. The van der Waals surface area contributed by atoms with Crippen LogP contribution in [0.1, 0.15) is 310 Å². The number of rotatable bonds is 57. The highest BCUT2D eigenvalue weighted by atomic mass is 16.6. The van der Waals surface area contributed by atoms with E-state index in [2.05, 4.69) is 106 Å². The van der Waals surface area contributed by atoms with Gasteiger partial charge in [0.2, 0.25) is 0 Å². The van der Waals surface area contributed by atoms with Gasteiger partial charge in [-0.1, -0.05) is 279 Å². The van der Waals surface area contributed by atoms with Crippen LogP contribution >= 0.6 is 0 Å². The number of hydrogen-bond donors (Lipinski definition) is 0. The van der Waals surface area contributed by atoms with E-state index in [0.717, 1.165) is 116 Å². The maximum absolute atomic E-state index is 12.9. The first-order valence-corrected chi connectivity index (χ1v) is 31.6. The Kier molecular flexibility index (Phi) is 59.3.